The Kier molecular flexibility index (Phi) is 3.66. The van der Waals surface area contributed by atoms with Crippen LogP contribution in [0.25, 0.3) is 0 Å². The summed E-state index contributed by atoms with van der Waals surface area (Å²) in [6.45, 7) is 4.14. The zero-order chi connectivity index (χ0) is 14.1. The number of nitrogens with zero attached hydrogens (tertiary/aromatic N) is 1. The first-order valence-corrected chi connectivity index (χ1v) is 7.47. The molecule has 1 saturated heterocycles. The standard InChI is InChI=1S/C16H22N2O2/c1-2-20-15-6-4-3-5-12(15)16(19)18-9-11-7-8-14(17)13(11)10-18/h3-6,11,13-14H,2,7-10,17H2,1H3. The topological polar surface area (TPSA) is 55.6 Å². The van der Waals surface area contributed by atoms with Crippen LogP contribution in [0.4, 0.5) is 0 Å². The smallest absolute Gasteiger partial charge is 0.257 e. The molecule has 1 saturated carbocycles. The number of ether oxygens (including phenoxy) is 1. The number of carbonyl (C=O) groups is 1. The van der Waals surface area contributed by atoms with Gasteiger partial charge in [0.25, 0.3) is 5.91 Å². The lowest BCUT2D eigenvalue weighted by Crippen LogP contribution is -2.33. The van der Waals surface area contributed by atoms with E-state index < -0.39 is 0 Å². The van der Waals surface area contributed by atoms with Crippen LogP contribution in [-0.4, -0.2) is 36.5 Å². The van der Waals surface area contributed by atoms with E-state index in [-0.39, 0.29) is 11.9 Å². The molecule has 1 aromatic rings. The number of nitrogens with two attached hydrogens (primary N) is 1. The van der Waals surface area contributed by atoms with Gasteiger partial charge in [0.2, 0.25) is 0 Å². The number of hydrogen-bond acceptors (Lipinski definition) is 3. The molecule has 3 rings (SSSR count). The fraction of sp³-hybridized carbons (Fsp3) is 0.562. The van der Waals surface area contributed by atoms with Gasteiger partial charge in [0.15, 0.2) is 0 Å². The van der Waals surface area contributed by atoms with Gasteiger partial charge in [-0.25, -0.2) is 0 Å². The third-order valence-corrected chi connectivity index (χ3v) is 4.62. The lowest BCUT2D eigenvalue weighted by molar-refractivity contribution is 0.0775. The van der Waals surface area contributed by atoms with Gasteiger partial charge in [0.05, 0.1) is 12.2 Å². The summed E-state index contributed by atoms with van der Waals surface area (Å²) in [6, 6.07) is 7.76. The molecule has 1 heterocycles. The Bertz CT molecular complexity index is 503. The molecule has 1 aromatic carbocycles. The minimum atomic E-state index is 0.0793. The fourth-order valence-corrected chi connectivity index (χ4v) is 3.57. The van der Waals surface area contributed by atoms with Gasteiger partial charge in [-0.2, -0.15) is 0 Å². The maximum atomic E-state index is 12.7. The van der Waals surface area contributed by atoms with Crippen LogP contribution in [0.3, 0.4) is 0 Å². The molecule has 1 aliphatic heterocycles. The van der Waals surface area contributed by atoms with Crippen molar-refractivity contribution in [3.63, 3.8) is 0 Å². The summed E-state index contributed by atoms with van der Waals surface area (Å²) in [5, 5.41) is 0. The highest BCUT2D eigenvalue weighted by molar-refractivity contribution is 5.97. The Morgan fingerprint density at radius 2 is 2.15 bits per heavy atom. The normalized spacial score (nSPS) is 28.5. The highest BCUT2D eigenvalue weighted by Crippen LogP contribution is 2.38. The third-order valence-electron chi connectivity index (χ3n) is 4.62. The van der Waals surface area contributed by atoms with Crippen molar-refractivity contribution in [2.24, 2.45) is 17.6 Å². The highest BCUT2D eigenvalue weighted by atomic mass is 16.5. The van der Waals surface area contributed by atoms with Crippen molar-refractivity contribution in [2.75, 3.05) is 19.7 Å². The highest BCUT2D eigenvalue weighted by Gasteiger charge is 2.42. The second-order valence-corrected chi connectivity index (χ2v) is 5.80. The summed E-state index contributed by atoms with van der Waals surface area (Å²) in [4.78, 5) is 14.6. The largest absolute Gasteiger partial charge is 0.493 e. The Balaban J connectivity index is 1.77. The van der Waals surface area contributed by atoms with Crippen molar-refractivity contribution in [1.29, 1.82) is 0 Å². The van der Waals surface area contributed by atoms with E-state index in [4.69, 9.17) is 10.5 Å². The summed E-state index contributed by atoms with van der Waals surface area (Å²) >= 11 is 0. The molecule has 0 spiro atoms. The molecule has 2 fully saturated rings. The van der Waals surface area contributed by atoms with Crippen LogP contribution >= 0.6 is 0 Å². The molecule has 0 bridgehead atoms. The van der Waals surface area contributed by atoms with Crippen LogP contribution in [0.1, 0.15) is 30.1 Å². The second kappa shape index (κ2) is 5.44. The number of rotatable bonds is 3. The first-order chi connectivity index (χ1) is 9.70. The van der Waals surface area contributed by atoms with Gasteiger partial charge < -0.3 is 15.4 Å². The average molecular weight is 274 g/mol. The van der Waals surface area contributed by atoms with Gasteiger partial charge in [-0.3, -0.25) is 4.79 Å². The minimum absolute atomic E-state index is 0.0793. The van der Waals surface area contributed by atoms with Gasteiger partial charge in [0, 0.05) is 19.1 Å². The number of amides is 1. The molecular weight excluding hydrogens is 252 g/mol. The van der Waals surface area contributed by atoms with E-state index in [2.05, 4.69) is 0 Å². The molecule has 1 amide bonds. The molecule has 4 nitrogen and oxygen atoms in total. The molecular formula is C16H22N2O2. The molecule has 2 aliphatic rings. The van der Waals surface area contributed by atoms with E-state index in [1.807, 2.05) is 36.1 Å². The van der Waals surface area contributed by atoms with E-state index in [1.54, 1.807) is 0 Å². The third kappa shape index (κ3) is 2.29. The van der Waals surface area contributed by atoms with Crippen LogP contribution < -0.4 is 10.5 Å². The van der Waals surface area contributed by atoms with Gasteiger partial charge >= 0.3 is 0 Å². The summed E-state index contributed by atoms with van der Waals surface area (Å²) in [5.41, 5.74) is 6.81. The van der Waals surface area contributed by atoms with Gasteiger partial charge in [-0.15, -0.1) is 0 Å². The van der Waals surface area contributed by atoms with Crippen LogP contribution in [0.2, 0.25) is 0 Å². The lowest BCUT2D eigenvalue weighted by atomic mass is 9.98. The van der Waals surface area contributed by atoms with Gasteiger partial charge in [0.1, 0.15) is 5.75 Å². The molecule has 4 heteroatoms. The second-order valence-electron chi connectivity index (χ2n) is 5.80. The quantitative estimate of drug-likeness (QED) is 0.916. The Morgan fingerprint density at radius 3 is 2.90 bits per heavy atom. The number of carbonyl (C=O) groups excluding carboxylic acids is 1. The average Bonchev–Trinajstić information content (AvgIpc) is 3.02. The number of benzene rings is 1. The Morgan fingerprint density at radius 1 is 1.35 bits per heavy atom. The number of likely N-dealkylation sites (tertiary alicyclic amines) is 1. The zero-order valence-corrected chi connectivity index (χ0v) is 11.9. The Labute approximate surface area is 119 Å². The summed E-state index contributed by atoms with van der Waals surface area (Å²) in [5.74, 6) is 1.84. The molecule has 108 valence electrons. The van der Waals surface area contributed by atoms with Crippen LogP contribution in [0.5, 0.6) is 5.75 Å². The summed E-state index contributed by atoms with van der Waals surface area (Å²) < 4.78 is 5.56. The van der Waals surface area contributed by atoms with Crippen molar-refractivity contribution in [1.82, 2.24) is 4.90 Å². The maximum Gasteiger partial charge on any atom is 0.257 e. The minimum Gasteiger partial charge on any atom is -0.493 e. The Hall–Kier alpha value is -1.55. The predicted octanol–water partition coefficient (Wildman–Crippen LogP) is 1.89. The van der Waals surface area contributed by atoms with E-state index in [9.17, 15) is 4.79 Å². The lowest BCUT2D eigenvalue weighted by Gasteiger charge is -2.20. The first kappa shape index (κ1) is 13.4. The zero-order valence-electron chi connectivity index (χ0n) is 11.9. The molecule has 3 atom stereocenters. The molecule has 3 unspecified atom stereocenters. The summed E-state index contributed by atoms with van der Waals surface area (Å²) in [6.07, 6.45) is 2.26. The van der Waals surface area contributed by atoms with E-state index in [1.165, 1.54) is 0 Å². The van der Waals surface area contributed by atoms with Gasteiger partial charge in [-0.1, -0.05) is 12.1 Å². The van der Waals surface area contributed by atoms with Crippen molar-refractivity contribution in [3.8, 4) is 5.75 Å². The molecule has 0 aromatic heterocycles. The molecule has 2 N–H and O–H groups in total. The first-order valence-electron chi connectivity index (χ1n) is 7.47. The van der Waals surface area contributed by atoms with Crippen molar-refractivity contribution >= 4 is 5.91 Å². The van der Waals surface area contributed by atoms with Gasteiger partial charge in [-0.05, 0) is 43.7 Å². The van der Waals surface area contributed by atoms with Crippen molar-refractivity contribution in [3.05, 3.63) is 29.8 Å². The fourth-order valence-electron chi connectivity index (χ4n) is 3.57. The number of para-hydroxylation sites is 1. The van der Waals surface area contributed by atoms with Crippen LogP contribution in [0.15, 0.2) is 24.3 Å². The maximum absolute atomic E-state index is 12.7. The van der Waals surface area contributed by atoms with Crippen molar-refractivity contribution in [2.45, 2.75) is 25.8 Å². The number of fused-ring (bicyclic) bond motifs is 1. The number of hydrogen-bond donors (Lipinski definition) is 1. The predicted molar refractivity (Wildman–Crippen MR) is 77.7 cm³/mol. The van der Waals surface area contributed by atoms with Crippen LogP contribution in [-0.2, 0) is 0 Å². The SMILES string of the molecule is CCOc1ccccc1C(=O)N1CC2CCC(N)C2C1. The van der Waals surface area contributed by atoms with E-state index in [0.29, 0.717) is 29.8 Å². The molecule has 20 heavy (non-hydrogen) atoms. The monoisotopic (exact) mass is 274 g/mol. The molecule has 1 aliphatic carbocycles. The van der Waals surface area contributed by atoms with Crippen molar-refractivity contribution < 1.29 is 9.53 Å². The summed E-state index contributed by atoms with van der Waals surface area (Å²) in [7, 11) is 0. The molecule has 0 radical (unpaired) electrons. The van der Waals surface area contributed by atoms with Crippen LogP contribution in [0, 0.1) is 11.8 Å². The van der Waals surface area contributed by atoms with E-state index in [0.717, 1.165) is 25.9 Å². The van der Waals surface area contributed by atoms with E-state index >= 15 is 0 Å².